The van der Waals surface area contributed by atoms with Crippen LogP contribution in [0.2, 0.25) is 0 Å². The quantitative estimate of drug-likeness (QED) is 0.300. The summed E-state index contributed by atoms with van der Waals surface area (Å²) in [5.41, 5.74) is 3.07. The van der Waals surface area contributed by atoms with E-state index in [0.29, 0.717) is 33.9 Å². The molecule has 0 radical (unpaired) electrons. The molecule has 0 atom stereocenters. The number of carbonyl (C=O) groups is 1. The van der Waals surface area contributed by atoms with Gasteiger partial charge in [-0.05, 0) is 55.0 Å². The molecule has 1 aromatic carbocycles. The maximum Gasteiger partial charge on any atom is 0.333 e. The molecule has 144 valence electrons. The molecule has 0 bridgehead atoms. The number of H-pyrrole nitrogens is 1. The minimum atomic E-state index is -0.703. The topological polar surface area (TPSA) is 130 Å². The maximum atomic E-state index is 13.7. The Kier molecular flexibility index (Phi) is 5.75. The fourth-order valence-electron chi connectivity index (χ4n) is 2.67. The van der Waals surface area contributed by atoms with Gasteiger partial charge < -0.3 is 10.4 Å². The van der Waals surface area contributed by atoms with Crippen LogP contribution in [0.4, 0.5) is 15.0 Å². The number of rotatable bonds is 5. The van der Waals surface area contributed by atoms with Crippen LogP contribution in [-0.2, 0) is 0 Å². The number of urea groups is 1. The summed E-state index contributed by atoms with van der Waals surface area (Å²) in [6, 6.07) is 7.35. The van der Waals surface area contributed by atoms with Gasteiger partial charge in [0.25, 0.3) is 0 Å². The van der Waals surface area contributed by atoms with Crippen molar-refractivity contribution in [3.8, 4) is 28.7 Å². The molecule has 0 saturated carbocycles. The van der Waals surface area contributed by atoms with Crippen LogP contribution in [0.3, 0.4) is 0 Å². The smallest absolute Gasteiger partial charge is 0.333 e. The van der Waals surface area contributed by atoms with E-state index in [1.807, 2.05) is 5.32 Å². The number of nitrogens with one attached hydrogen (secondary N) is 4. The number of allylic oxidation sites excluding steroid dienone is 1. The van der Waals surface area contributed by atoms with E-state index in [4.69, 9.17) is 10.7 Å². The van der Waals surface area contributed by atoms with Gasteiger partial charge in [-0.3, -0.25) is 5.32 Å². The maximum absolute atomic E-state index is 13.7. The van der Waals surface area contributed by atoms with Crippen LogP contribution in [-0.4, -0.2) is 27.2 Å². The number of amides is 2. The van der Waals surface area contributed by atoms with E-state index in [2.05, 4.69) is 20.3 Å². The van der Waals surface area contributed by atoms with Crippen LogP contribution in [0.15, 0.2) is 42.6 Å². The Labute approximate surface area is 165 Å². The van der Waals surface area contributed by atoms with Gasteiger partial charge in [0.05, 0.1) is 11.4 Å². The SMILES string of the molecule is Cc1cc(-c2nc(/C=C\C=N)[nH]c2-c2ccnc(NC(=O)NC#N)c2)ccc1F. The van der Waals surface area contributed by atoms with Gasteiger partial charge in [-0.1, -0.05) is 0 Å². The average Bonchev–Trinajstić information content (AvgIpc) is 3.13. The molecule has 0 spiro atoms. The lowest BCUT2D eigenvalue weighted by molar-refractivity contribution is 0.255. The van der Waals surface area contributed by atoms with E-state index >= 15 is 0 Å². The average molecular weight is 389 g/mol. The third-order valence-electron chi connectivity index (χ3n) is 3.96. The summed E-state index contributed by atoms with van der Waals surface area (Å²) in [6.07, 6.45) is 7.33. The second kappa shape index (κ2) is 8.58. The van der Waals surface area contributed by atoms with Crippen LogP contribution in [0, 0.1) is 29.6 Å². The van der Waals surface area contributed by atoms with Crippen molar-refractivity contribution in [1.82, 2.24) is 20.3 Å². The van der Waals surface area contributed by atoms with Crippen molar-refractivity contribution in [2.45, 2.75) is 6.92 Å². The van der Waals surface area contributed by atoms with Crippen LogP contribution in [0.1, 0.15) is 11.4 Å². The minimum absolute atomic E-state index is 0.239. The molecule has 8 nitrogen and oxygen atoms in total. The summed E-state index contributed by atoms with van der Waals surface area (Å²) in [6.45, 7) is 1.67. The molecule has 3 aromatic rings. The van der Waals surface area contributed by atoms with Gasteiger partial charge in [-0.25, -0.2) is 24.5 Å². The van der Waals surface area contributed by atoms with Crippen LogP contribution < -0.4 is 10.6 Å². The lowest BCUT2D eigenvalue weighted by Gasteiger charge is -2.07. The number of aryl methyl sites for hydroxylation is 1. The molecule has 0 saturated heterocycles. The molecule has 9 heteroatoms. The Morgan fingerprint density at radius 1 is 1.31 bits per heavy atom. The van der Waals surface area contributed by atoms with Crippen molar-refractivity contribution in [2.75, 3.05) is 5.32 Å². The largest absolute Gasteiger partial charge is 0.338 e. The third-order valence-corrected chi connectivity index (χ3v) is 3.96. The number of carbonyl (C=O) groups excluding carboxylic acids is 1. The van der Waals surface area contributed by atoms with Crippen LogP contribution >= 0.6 is 0 Å². The summed E-state index contributed by atoms with van der Waals surface area (Å²) < 4.78 is 13.7. The van der Waals surface area contributed by atoms with Gasteiger partial charge in [0.1, 0.15) is 17.5 Å². The van der Waals surface area contributed by atoms with Crippen molar-refractivity contribution in [1.29, 1.82) is 10.7 Å². The van der Waals surface area contributed by atoms with Gasteiger partial charge >= 0.3 is 6.03 Å². The van der Waals surface area contributed by atoms with Crippen molar-refractivity contribution in [2.24, 2.45) is 0 Å². The number of hydrogen-bond donors (Lipinski definition) is 4. The van der Waals surface area contributed by atoms with Gasteiger partial charge in [0.15, 0.2) is 6.19 Å². The summed E-state index contributed by atoms with van der Waals surface area (Å²) in [5, 5.41) is 20.1. The first-order valence-corrected chi connectivity index (χ1v) is 8.48. The second-order valence-corrected chi connectivity index (χ2v) is 5.96. The van der Waals surface area contributed by atoms with E-state index in [0.717, 1.165) is 6.21 Å². The summed E-state index contributed by atoms with van der Waals surface area (Å²) in [7, 11) is 0. The Balaban J connectivity index is 2.08. The Morgan fingerprint density at radius 3 is 2.86 bits per heavy atom. The number of benzene rings is 1. The molecule has 0 aliphatic carbocycles. The summed E-state index contributed by atoms with van der Waals surface area (Å²) in [5.74, 6) is 0.436. The van der Waals surface area contributed by atoms with Gasteiger partial charge in [0, 0.05) is 23.5 Å². The highest BCUT2D eigenvalue weighted by atomic mass is 19.1. The zero-order chi connectivity index (χ0) is 20.8. The number of aromatic amines is 1. The zero-order valence-electron chi connectivity index (χ0n) is 15.3. The normalized spacial score (nSPS) is 10.5. The first kappa shape index (κ1) is 19.4. The molecule has 0 aliphatic heterocycles. The highest BCUT2D eigenvalue weighted by Crippen LogP contribution is 2.32. The van der Waals surface area contributed by atoms with Crippen molar-refractivity contribution >= 4 is 24.1 Å². The van der Waals surface area contributed by atoms with E-state index in [1.165, 1.54) is 24.5 Å². The van der Waals surface area contributed by atoms with E-state index < -0.39 is 6.03 Å². The fourth-order valence-corrected chi connectivity index (χ4v) is 2.67. The molecule has 29 heavy (non-hydrogen) atoms. The number of aromatic nitrogens is 3. The molecule has 4 N–H and O–H groups in total. The Morgan fingerprint density at radius 2 is 2.14 bits per heavy atom. The van der Waals surface area contributed by atoms with E-state index in [1.54, 1.807) is 37.3 Å². The van der Waals surface area contributed by atoms with E-state index in [9.17, 15) is 9.18 Å². The number of halogens is 1. The highest BCUT2D eigenvalue weighted by Gasteiger charge is 2.15. The lowest BCUT2D eigenvalue weighted by Crippen LogP contribution is -2.24. The number of anilines is 1. The van der Waals surface area contributed by atoms with E-state index in [-0.39, 0.29) is 11.6 Å². The number of imidazole rings is 1. The lowest BCUT2D eigenvalue weighted by atomic mass is 10.0. The van der Waals surface area contributed by atoms with Crippen molar-refractivity contribution in [3.63, 3.8) is 0 Å². The molecule has 0 unspecified atom stereocenters. The first-order valence-electron chi connectivity index (χ1n) is 8.48. The van der Waals surface area contributed by atoms with Crippen molar-refractivity contribution in [3.05, 3.63) is 59.8 Å². The van der Waals surface area contributed by atoms with Crippen LogP contribution in [0.25, 0.3) is 28.6 Å². The first-order chi connectivity index (χ1) is 14.0. The number of pyridine rings is 1. The second-order valence-electron chi connectivity index (χ2n) is 5.96. The molecular weight excluding hydrogens is 373 g/mol. The predicted octanol–water partition coefficient (Wildman–Crippen LogP) is 3.85. The number of hydrogen-bond acceptors (Lipinski definition) is 5. The standard InChI is InChI=1S/C20H16FN7O/c1-12-9-13(4-5-15(12)21)18-19(27-16(26-18)3-2-7-22)14-6-8-24-17(10-14)28-20(29)25-11-23/h2-10,22H,1H3,(H,26,27)(H2,24,25,28,29)/b3-2-,22-7?. The Bertz CT molecular complexity index is 1140. The molecular formula is C20H16FN7O. The molecule has 2 heterocycles. The van der Waals surface area contributed by atoms with Gasteiger partial charge in [0.2, 0.25) is 0 Å². The zero-order valence-corrected chi connectivity index (χ0v) is 15.3. The third kappa shape index (κ3) is 4.51. The van der Waals surface area contributed by atoms with Crippen molar-refractivity contribution < 1.29 is 9.18 Å². The summed E-state index contributed by atoms with van der Waals surface area (Å²) in [4.78, 5) is 23.4. The van der Waals surface area contributed by atoms with Crippen LogP contribution in [0.5, 0.6) is 0 Å². The predicted molar refractivity (Wildman–Crippen MR) is 108 cm³/mol. The molecule has 2 amide bonds. The summed E-state index contributed by atoms with van der Waals surface area (Å²) >= 11 is 0. The molecule has 0 fully saturated rings. The molecule has 3 rings (SSSR count). The molecule has 2 aromatic heterocycles. The molecule has 0 aliphatic rings. The number of nitriles is 1. The van der Waals surface area contributed by atoms with Gasteiger partial charge in [-0.2, -0.15) is 5.26 Å². The fraction of sp³-hybridized carbons (Fsp3) is 0.0500. The van der Waals surface area contributed by atoms with Gasteiger partial charge in [-0.15, -0.1) is 0 Å². The highest BCUT2D eigenvalue weighted by molar-refractivity contribution is 5.90. The minimum Gasteiger partial charge on any atom is -0.338 e. The monoisotopic (exact) mass is 389 g/mol. The number of nitrogens with zero attached hydrogens (tertiary/aromatic N) is 3. The Hall–Kier alpha value is -4.32.